The predicted molar refractivity (Wildman–Crippen MR) is 112 cm³/mol. The van der Waals surface area contributed by atoms with E-state index in [1.54, 1.807) is 0 Å². The molecule has 0 atom stereocenters. The van der Waals surface area contributed by atoms with Gasteiger partial charge in [0.25, 0.3) is 0 Å². The molecule has 1 aromatic heterocycles. The van der Waals surface area contributed by atoms with E-state index in [9.17, 15) is 4.79 Å². The lowest BCUT2D eigenvalue weighted by Crippen LogP contribution is -2.11. The molecule has 1 aliphatic rings. The van der Waals surface area contributed by atoms with Gasteiger partial charge in [-0.2, -0.15) is 0 Å². The van der Waals surface area contributed by atoms with Crippen molar-refractivity contribution < 1.29 is 14.3 Å². The second-order valence-electron chi connectivity index (χ2n) is 7.63. The summed E-state index contributed by atoms with van der Waals surface area (Å²) in [5.74, 6) is 0.752. The summed E-state index contributed by atoms with van der Waals surface area (Å²) in [6.45, 7) is 0. The standard InChI is InChI=1S/C24H27NO3/c1-25-14-13-19-16-18(9-10-22(19)25)21-15-17(8-12-24(26)27-2)7-11-23(21)28-20-5-3-4-6-20/h7,9-11,13-16,20H,3-6,8,12H2,1-2H3. The van der Waals surface area contributed by atoms with Crippen LogP contribution >= 0.6 is 0 Å². The summed E-state index contributed by atoms with van der Waals surface area (Å²) >= 11 is 0. The van der Waals surface area contributed by atoms with E-state index in [4.69, 9.17) is 9.47 Å². The number of methoxy groups -OCH3 is 1. The largest absolute Gasteiger partial charge is 0.490 e. The highest BCUT2D eigenvalue weighted by molar-refractivity contribution is 5.87. The van der Waals surface area contributed by atoms with Gasteiger partial charge in [-0.3, -0.25) is 4.79 Å². The van der Waals surface area contributed by atoms with Crippen molar-refractivity contribution in [2.75, 3.05) is 7.11 Å². The zero-order valence-electron chi connectivity index (χ0n) is 16.6. The number of ether oxygens (including phenoxy) is 2. The van der Waals surface area contributed by atoms with Gasteiger partial charge in [0.15, 0.2) is 0 Å². The fourth-order valence-electron chi connectivity index (χ4n) is 4.04. The average Bonchev–Trinajstić information content (AvgIpc) is 3.36. The number of rotatable bonds is 6. The molecular formula is C24H27NO3. The minimum absolute atomic E-state index is 0.182. The van der Waals surface area contributed by atoms with E-state index in [0.717, 1.165) is 35.3 Å². The highest BCUT2D eigenvalue weighted by Crippen LogP contribution is 2.36. The van der Waals surface area contributed by atoms with Gasteiger partial charge in [0.1, 0.15) is 5.75 Å². The van der Waals surface area contributed by atoms with Crippen LogP contribution in [0.15, 0.2) is 48.7 Å². The third-order valence-electron chi connectivity index (χ3n) is 5.68. The second-order valence-corrected chi connectivity index (χ2v) is 7.63. The molecular weight excluding hydrogens is 350 g/mol. The minimum atomic E-state index is -0.182. The topological polar surface area (TPSA) is 40.5 Å². The summed E-state index contributed by atoms with van der Waals surface area (Å²) in [7, 11) is 3.49. The molecule has 0 saturated heterocycles. The number of hydrogen-bond donors (Lipinski definition) is 0. The van der Waals surface area contributed by atoms with E-state index in [2.05, 4.69) is 60.3 Å². The molecule has 0 N–H and O–H groups in total. The molecule has 1 aliphatic carbocycles. The highest BCUT2D eigenvalue weighted by Gasteiger charge is 2.19. The third kappa shape index (κ3) is 3.91. The number of carbonyl (C=O) groups excluding carboxylic acids is 1. The van der Waals surface area contributed by atoms with Crippen LogP contribution in [0, 0.1) is 0 Å². The van der Waals surface area contributed by atoms with Crippen molar-refractivity contribution in [1.82, 2.24) is 4.57 Å². The van der Waals surface area contributed by atoms with Crippen LogP contribution in [0.5, 0.6) is 5.75 Å². The van der Waals surface area contributed by atoms with Crippen LogP contribution < -0.4 is 4.74 Å². The zero-order chi connectivity index (χ0) is 19.5. The Labute approximate surface area is 166 Å². The number of fused-ring (bicyclic) bond motifs is 1. The Morgan fingerprint density at radius 2 is 1.93 bits per heavy atom. The number of nitrogens with zero attached hydrogens (tertiary/aromatic N) is 1. The van der Waals surface area contributed by atoms with Gasteiger partial charge in [-0.1, -0.05) is 12.1 Å². The highest BCUT2D eigenvalue weighted by atomic mass is 16.5. The van der Waals surface area contributed by atoms with Crippen LogP contribution in [0.1, 0.15) is 37.7 Å². The Bertz CT molecular complexity index is 983. The maximum Gasteiger partial charge on any atom is 0.305 e. The fourth-order valence-corrected chi connectivity index (χ4v) is 4.04. The summed E-state index contributed by atoms with van der Waals surface area (Å²) in [4.78, 5) is 11.5. The molecule has 0 radical (unpaired) electrons. The van der Waals surface area contributed by atoms with Crippen molar-refractivity contribution >= 4 is 16.9 Å². The molecule has 4 heteroatoms. The average molecular weight is 377 g/mol. The van der Waals surface area contributed by atoms with Crippen molar-refractivity contribution in [3.05, 3.63) is 54.2 Å². The van der Waals surface area contributed by atoms with Crippen LogP contribution in [0.25, 0.3) is 22.0 Å². The maximum atomic E-state index is 11.5. The number of hydrogen-bond acceptors (Lipinski definition) is 3. The van der Waals surface area contributed by atoms with Crippen molar-refractivity contribution in [2.24, 2.45) is 7.05 Å². The van der Waals surface area contributed by atoms with Crippen LogP contribution in [-0.2, 0) is 23.0 Å². The normalized spacial score (nSPS) is 14.5. The molecule has 0 bridgehead atoms. The molecule has 0 unspecified atom stereocenters. The van der Waals surface area contributed by atoms with Crippen LogP contribution in [0.2, 0.25) is 0 Å². The minimum Gasteiger partial charge on any atom is -0.490 e. The van der Waals surface area contributed by atoms with Crippen LogP contribution in [-0.4, -0.2) is 23.8 Å². The zero-order valence-corrected chi connectivity index (χ0v) is 16.6. The van der Waals surface area contributed by atoms with Crippen molar-refractivity contribution in [3.63, 3.8) is 0 Å². The van der Waals surface area contributed by atoms with Crippen molar-refractivity contribution in [2.45, 2.75) is 44.6 Å². The van der Waals surface area contributed by atoms with E-state index in [0.29, 0.717) is 18.9 Å². The molecule has 2 aromatic carbocycles. The molecule has 0 amide bonds. The van der Waals surface area contributed by atoms with E-state index < -0.39 is 0 Å². The van der Waals surface area contributed by atoms with Gasteiger partial charge >= 0.3 is 5.97 Å². The first-order valence-electron chi connectivity index (χ1n) is 10.1. The number of esters is 1. The molecule has 4 rings (SSSR count). The SMILES string of the molecule is COC(=O)CCc1ccc(OC2CCCC2)c(-c2ccc3c(ccn3C)c2)c1. The van der Waals surface area contributed by atoms with Crippen LogP contribution in [0.3, 0.4) is 0 Å². The first-order valence-corrected chi connectivity index (χ1v) is 10.1. The second kappa shape index (κ2) is 8.09. The van der Waals surface area contributed by atoms with E-state index in [1.807, 2.05) is 0 Å². The lowest BCUT2D eigenvalue weighted by molar-refractivity contribution is -0.140. The molecule has 1 heterocycles. The molecule has 0 aliphatic heterocycles. The molecule has 1 saturated carbocycles. The van der Waals surface area contributed by atoms with Gasteiger partial charge in [-0.15, -0.1) is 0 Å². The lowest BCUT2D eigenvalue weighted by Gasteiger charge is -2.18. The van der Waals surface area contributed by atoms with E-state index >= 15 is 0 Å². The van der Waals surface area contributed by atoms with E-state index in [-0.39, 0.29) is 5.97 Å². The van der Waals surface area contributed by atoms with Crippen molar-refractivity contribution in [3.8, 4) is 16.9 Å². The lowest BCUT2D eigenvalue weighted by atomic mass is 9.98. The number of aromatic nitrogens is 1. The summed E-state index contributed by atoms with van der Waals surface area (Å²) in [6.07, 6.45) is 8.17. The smallest absolute Gasteiger partial charge is 0.305 e. The molecule has 146 valence electrons. The summed E-state index contributed by atoms with van der Waals surface area (Å²) in [6, 6.07) is 15.0. The van der Waals surface area contributed by atoms with Gasteiger partial charge in [0, 0.05) is 36.1 Å². The van der Waals surface area contributed by atoms with Gasteiger partial charge in [-0.05, 0) is 73.6 Å². The number of aryl methyl sites for hydroxylation is 2. The molecule has 4 nitrogen and oxygen atoms in total. The summed E-state index contributed by atoms with van der Waals surface area (Å²) < 4.78 is 13.3. The summed E-state index contributed by atoms with van der Waals surface area (Å²) in [5.41, 5.74) is 4.57. The number of benzene rings is 2. The predicted octanol–water partition coefficient (Wildman–Crippen LogP) is 5.27. The Morgan fingerprint density at radius 1 is 1.11 bits per heavy atom. The van der Waals surface area contributed by atoms with Crippen LogP contribution in [0.4, 0.5) is 0 Å². The fraction of sp³-hybridized carbons (Fsp3) is 0.375. The first kappa shape index (κ1) is 18.6. The molecule has 28 heavy (non-hydrogen) atoms. The quantitative estimate of drug-likeness (QED) is 0.549. The van der Waals surface area contributed by atoms with Gasteiger partial charge in [-0.25, -0.2) is 0 Å². The maximum absolute atomic E-state index is 11.5. The van der Waals surface area contributed by atoms with Gasteiger partial charge in [0.05, 0.1) is 13.2 Å². The van der Waals surface area contributed by atoms with Gasteiger partial charge < -0.3 is 14.0 Å². The Balaban J connectivity index is 1.69. The Morgan fingerprint density at radius 3 is 2.71 bits per heavy atom. The molecule has 1 fully saturated rings. The Hall–Kier alpha value is -2.75. The summed E-state index contributed by atoms with van der Waals surface area (Å²) in [5, 5.41) is 1.21. The van der Waals surface area contributed by atoms with Crippen molar-refractivity contribution in [1.29, 1.82) is 0 Å². The molecule has 3 aromatic rings. The third-order valence-corrected chi connectivity index (χ3v) is 5.68. The number of carbonyl (C=O) groups is 1. The van der Waals surface area contributed by atoms with E-state index in [1.165, 1.54) is 30.9 Å². The molecule has 0 spiro atoms. The Kier molecular flexibility index (Phi) is 5.38. The first-order chi connectivity index (χ1) is 13.6. The monoisotopic (exact) mass is 377 g/mol. The van der Waals surface area contributed by atoms with Gasteiger partial charge in [0.2, 0.25) is 0 Å².